The fourth-order valence-corrected chi connectivity index (χ4v) is 5.23. The van der Waals surface area contributed by atoms with E-state index in [4.69, 9.17) is 9.97 Å². The summed E-state index contributed by atoms with van der Waals surface area (Å²) in [7, 11) is 1.84. The van der Waals surface area contributed by atoms with E-state index in [1.807, 2.05) is 61.1 Å². The number of nitrogens with zero attached hydrogens (tertiary/aromatic N) is 5. The van der Waals surface area contributed by atoms with Gasteiger partial charge in [0.15, 0.2) is 5.65 Å². The van der Waals surface area contributed by atoms with Crippen LogP contribution in [0.15, 0.2) is 60.8 Å². The summed E-state index contributed by atoms with van der Waals surface area (Å²) in [5.74, 6) is -0.0719. The Morgan fingerprint density at radius 1 is 1.03 bits per heavy atom. The number of fused-ring (bicyclic) bond motifs is 2. The summed E-state index contributed by atoms with van der Waals surface area (Å²) in [6.45, 7) is 8.21. The number of carbonyl (C=O) groups is 1. The van der Waals surface area contributed by atoms with E-state index >= 15 is 0 Å². The van der Waals surface area contributed by atoms with Gasteiger partial charge in [-0.2, -0.15) is 5.10 Å². The van der Waals surface area contributed by atoms with Crippen molar-refractivity contribution in [1.82, 2.24) is 24.6 Å². The van der Waals surface area contributed by atoms with Gasteiger partial charge in [0.1, 0.15) is 5.01 Å². The van der Waals surface area contributed by atoms with Gasteiger partial charge in [0.2, 0.25) is 0 Å². The molecular formula is C27H27N5OS. The second-order valence-corrected chi connectivity index (χ2v) is 9.96. The summed E-state index contributed by atoms with van der Waals surface area (Å²) in [6.07, 6.45) is 1.76. The predicted octanol–water partition coefficient (Wildman–Crippen LogP) is 6.43. The van der Waals surface area contributed by atoms with Gasteiger partial charge < -0.3 is 4.90 Å². The number of amides is 1. The van der Waals surface area contributed by atoms with Crippen LogP contribution in [0.4, 0.5) is 0 Å². The number of thiazole rings is 1. The zero-order valence-electron chi connectivity index (χ0n) is 20.0. The van der Waals surface area contributed by atoms with Crippen molar-refractivity contribution in [2.45, 2.75) is 39.8 Å². The quantitative estimate of drug-likeness (QED) is 0.297. The molecule has 0 spiro atoms. The first-order valence-electron chi connectivity index (χ1n) is 11.4. The number of para-hydroxylation sites is 1. The second-order valence-electron chi connectivity index (χ2n) is 8.90. The van der Waals surface area contributed by atoms with Crippen LogP contribution in [-0.2, 0) is 0 Å². The molecular weight excluding hydrogens is 442 g/mol. The minimum Gasteiger partial charge on any atom is -0.332 e. The number of aromatic nitrogens is 4. The van der Waals surface area contributed by atoms with Gasteiger partial charge in [0, 0.05) is 18.7 Å². The van der Waals surface area contributed by atoms with Crippen molar-refractivity contribution >= 4 is 38.5 Å². The maximum absolute atomic E-state index is 13.9. The van der Waals surface area contributed by atoms with Crippen LogP contribution in [-0.4, -0.2) is 37.6 Å². The van der Waals surface area contributed by atoms with Crippen LogP contribution in [0, 0.1) is 6.92 Å². The van der Waals surface area contributed by atoms with Crippen LogP contribution < -0.4 is 0 Å². The van der Waals surface area contributed by atoms with Gasteiger partial charge in [-0.1, -0.05) is 36.4 Å². The summed E-state index contributed by atoms with van der Waals surface area (Å²) in [4.78, 5) is 25.4. The van der Waals surface area contributed by atoms with E-state index < -0.39 is 0 Å². The Balaban J connectivity index is 1.61. The molecule has 0 saturated carbocycles. The topological polar surface area (TPSA) is 63.9 Å². The van der Waals surface area contributed by atoms with Crippen molar-refractivity contribution in [3.8, 4) is 11.3 Å². The number of aryl methyl sites for hydroxylation is 1. The lowest BCUT2D eigenvalue weighted by molar-refractivity contribution is 0.0744. The second kappa shape index (κ2) is 8.65. The monoisotopic (exact) mass is 469 g/mol. The normalized spacial score (nSPS) is 12.5. The highest BCUT2D eigenvalue weighted by atomic mass is 32.1. The largest absolute Gasteiger partial charge is 0.332 e. The van der Waals surface area contributed by atoms with Crippen LogP contribution in [0.3, 0.4) is 0 Å². The Bertz CT molecular complexity index is 1480. The van der Waals surface area contributed by atoms with Crippen LogP contribution in [0.2, 0.25) is 0 Å². The van der Waals surface area contributed by atoms with Gasteiger partial charge in [-0.3, -0.25) is 4.79 Å². The van der Waals surface area contributed by atoms with Gasteiger partial charge >= 0.3 is 0 Å². The molecule has 0 fully saturated rings. The Morgan fingerprint density at radius 2 is 1.76 bits per heavy atom. The van der Waals surface area contributed by atoms with Crippen molar-refractivity contribution in [3.05, 3.63) is 76.9 Å². The molecule has 0 aliphatic carbocycles. The molecule has 3 heterocycles. The zero-order valence-corrected chi connectivity index (χ0v) is 20.8. The number of carbonyl (C=O) groups excluding carboxylic acids is 1. The van der Waals surface area contributed by atoms with Crippen LogP contribution >= 0.6 is 11.3 Å². The third-order valence-corrected chi connectivity index (χ3v) is 7.48. The van der Waals surface area contributed by atoms with E-state index in [-0.39, 0.29) is 18.0 Å². The molecule has 0 aliphatic heterocycles. The van der Waals surface area contributed by atoms with Crippen molar-refractivity contribution in [2.75, 3.05) is 7.05 Å². The SMILES string of the molecule is Cc1ccccc1-c1cc(C(=O)N(C)C(C)c2nc3ccccc3s2)c2cnn(C(C)C)c2n1. The molecule has 1 amide bonds. The number of rotatable bonds is 5. The van der Waals surface area contributed by atoms with Crippen LogP contribution in [0.5, 0.6) is 0 Å². The standard InChI is InChI=1S/C27H27N5OS/c1-16(2)32-25-21(15-28-32)20(14-23(29-25)19-11-7-6-10-17(19)3)27(33)31(5)18(4)26-30-22-12-8-9-13-24(22)34-26/h6-16,18H,1-5H3. The average molecular weight is 470 g/mol. The fraction of sp³-hybridized carbons (Fsp3) is 0.259. The van der Waals surface area contributed by atoms with Crippen molar-refractivity contribution in [3.63, 3.8) is 0 Å². The highest BCUT2D eigenvalue weighted by Gasteiger charge is 2.26. The number of hydrogen-bond acceptors (Lipinski definition) is 5. The third-order valence-electron chi connectivity index (χ3n) is 6.28. The van der Waals surface area contributed by atoms with E-state index in [0.717, 1.165) is 43.1 Å². The molecule has 6 nitrogen and oxygen atoms in total. The first-order valence-corrected chi connectivity index (χ1v) is 12.2. The molecule has 172 valence electrons. The molecule has 5 rings (SSSR count). The van der Waals surface area contributed by atoms with E-state index in [1.54, 1.807) is 22.4 Å². The Morgan fingerprint density at radius 3 is 2.50 bits per heavy atom. The third kappa shape index (κ3) is 3.76. The van der Waals surface area contributed by atoms with Gasteiger partial charge in [-0.25, -0.2) is 14.6 Å². The Kier molecular flexibility index (Phi) is 5.65. The van der Waals surface area contributed by atoms with E-state index in [2.05, 4.69) is 38.0 Å². The van der Waals surface area contributed by atoms with Crippen molar-refractivity contribution in [2.24, 2.45) is 0 Å². The van der Waals surface area contributed by atoms with Crippen LogP contribution in [0.1, 0.15) is 53.8 Å². The molecule has 0 saturated heterocycles. The number of pyridine rings is 1. The molecule has 1 unspecified atom stereocenters. The van der Waals surface area contributed by atoms with Crippen molar-refractivity contribution in [1.29, 1.82) is 0 Å². The lowest BCUT2D eigenvalue weighted by atomic mass is 10.0. The molecule has 5 aromatic rings. The maximum Gasteiger partial charge on any atom is 0.255 e. The highest BCUT2D eigenvalue weighted by Crippen LogP contribution is 2.32. The molecule has 0 N–H and O–H groups in total. The van der Waals surface area contributed by atoms with Crippen LogP contribution in [0.25, 0.3) is 32.5 Å². The Labute approximate surface area is 202 Å². The molecule has 0 bridgehead atoms. The summed E-state index contributed by atoms with van der Waals surface area (Å²) < 4.78 is 3.00. The zero-order chi connectivity index (χ0) is 24.0. The molecule has 2 aromatic carbocycles. The smallest absolute Gasteiger partial charge is 0.255 e. The molecule has 0 radical (unpaired) electrons. The molecule has 34 heavy (non-hydrogen) atoms. The van der Waals surface area contributed by atoms with E-state index in [0.29, 0.717) is 5.56 Å². The molecule has 0 aliphatic rings. The van der Waals surface area contributed by atoms with Gasteiger partial charge in [0.25, 0.3) is 5.91 Å². The molecule has 3 aromatic heterocycles. The molecule has 7 heteroatoms. The minimum absolute atomic E-state index is 0.0719. The minimum atomic E-state index is -0.171. The lowest BCUT2D eigenvalue weighted by Crippen LogP contribution is -2.30. The molecule has 1 atom stereocenters. The van der Waals surface area contributed by atoms with E-state index in [1.165, 1.54) is 0 Å². The summed E-state index contributed by atoms with van der Waals surface area (Å²) in [5.41, 5.74) is 5.18. The highest BCUT2D eigenvalue weighted by molar-refractivity contribution is 7.18. The van der Waals surface area contributed by atoms with Crippen molar-refractivity contribution < 1.29 is 4.79 Å². The van der Waals surface area contributed by atoms with Gasteiger partial charge in [-0.15, -0.1) is 11.3 Å². The summed E-state index contributed by atoms with van der Waals surface area (Å²) in [5, 5.41) is 6.24. The van der Waals surface area contributed by atoms with E-state index in [9.17, 15) is 4.79 Å². The number of benzene rings is 2. The summed E-state index contributed by atoms with van der Waals surface area (Å²) in [6, 6.07) is 18.0. The summed E-state index contributed by atoms with van der Waals surface area (Å²) >= 11 is 1.63. The lowest BCUT2D eigenvalue weighted by Gasteiger charge is -2.24. The number of hydrogen-bond donors (Lipinski definition) is 0. The average Bonchev–Trinajstić information content (AvgIpc) is 3.46. The predicted molar refractivity (Wildman–Crippen MR) is 138 cm³/mol. The maximum atomic E-state index is 13.9. The van der Waals surface area contributed by atoms with Gasteiger partial charge in [-0.05, 0) is 51.5 Å². The van der Waals surface area contributed by atoms with Gasteiger partial charge in [0.05, 0.1) is 39.1 Å². The fourth-order valence-electron chi connectivity index (χ4n) is 4.17. The first kappa shape index (κ1) is 22.2. The Hall–Kier alpha value is -3.58. The first-order chi connectivity index (χ1) is 16.3.